The van der Waals surface area contributed by atoms with Gasteiger partial charge in [-0.2, -0.15) is 0 Å². The highest BCUT2D eigenvalue weighted by Gasteiger charge is 2.21. The summed E-state index contributed by atoms with van der Waals surface area (Å²) in [6.45, 7) is 11.0. The Labute approximate surface area is 91.3 Å². The van der Waals surface area contributed by atoms with Gasteiger partial charge in [0.25, 0.3) is 0 Å². The van der Waals surface area contributed by atoms with Crippen molar-refractivity contribution in [2.24, 2.45) is 0 Å². The van der Waals surface area contributed by atoms with Crippen LogP contribution in [0.4, 0.5) is 0 Å². The van der Waals surface area contributed by atoms with E-state index < -0.39 is 0 Å². The molecule has 1 fully saturated rings. The average Bonchev–Trinajstić information content (AvgIpc) is 2.16. The van der Waals surface area contributed by atoms with Gasteiger partial charge in [0, 0.05) is 26.2 Å². The standard InChI is InChI=1S/C11H20N2O2/c1-4-11(14)12-5-6-13-7-9(2)15-10(3)8-13/h4,9-10H,1,5-8H2,2-3H3,(H,12,14)/t9-,10+. The molecule has 1 saturated heterocycles. The fourth-order valence-corrected chi connectivity index (χ4v) is 1.88. The molecule has 1 N–H and O–H groups in total. The number of morpholine rings is 1. The monoisotopic (exact) mass is 212 g/mol. The molecule has 1 rings (SSSR count). The maximum atomic E-state index is 10.9. The fraction of sp³-hybridized carbons (Fsp3) is 0.727. The Hall–Kier alpha value is -0.870. The number of carbonyl (C=O) groups is 1. The van der Waals surface area contributed by atoms with Gasteiger partial charge in [-0.05, 0) is 19.9 Å². The largest absolute Gasteiger partial charge is 0.373 e. The molecule has 0 spiro atoms. The summed E-state index contributed by atoms with van der Waals surface area (Å²) < 4.78 is 5.62. The van der Waals surface area contributed by atoms with E-state index in [1.54, 1.807) is 0 Å². The number of amides is 1. The van der Waals surface area contributed by atoms with E-state index in [4.69, 9.17) is 4.74 Å². The Bertz CT molecular complexity index is 221. The van der Waals surface area contributed by atoms with Gasteiger partial charge < -0.3 is 10.1 Å². The van der Waals surface area contributed by atoms with Crippen LogP contribution in [0.15, 0.2) is 12.7 Å². The molecule has 15 heavy (non-hydrogen) atoms. The second kappa shape index (κ2) is 5.88. The van der Waals surface area contributed by atoms with Crippen LogP contribution in [-0.4, -0.2) is 49.2 Å². The minimum Gasteiger partial charge on any atom is -0.373 e. The highest BCUT2D eigenvalue weighted by molar-refractivity contribution is 5.86. The van der Waals surface area contributed by atoms with Crippen molar-refractivity contribution in [1.82, 2.24) is 10.2 Å². The maximum absolute atomic E-state index is 10.9. The highest BCUT2D eigenvalue weighted by Crippen LogP contribution is 2.09. The van der Waals surface area contributed by atoms with Crippen LogP contribution >= 0.6 is 0 Å². The highest BCUT2D eigenvalue weighted by atomic mass is 16.5. The smallest absolute Gasteiger partial charge is 0.243 e. The number of rotatable bonds is 4. The van der Waals surface area contributed by atoms with Crippen LogP contribution in [0, 0.1) is 0 Å². The molecule has 0 unspecified atom stereocenters. The summed E-state index contributed by atoms with van der Waals surface area (Å²) in [7, 11) is 0. The van der Waals surface area contributed by atoms with Crippen molar-refractivity contribution in [3.63, 3.8) is 0 Å². The Morgan fingerprint density at radius 3 is 2.67 bits per heavy atom. The normalized spacial score (nSPS) is 27.3. The third-order valence-electron chi connectivity index (χ3n) is 2.41. The third-order valence-corrected chi connectivity index (χ3v) is 2.41. The minimum absolute atomic E-state index is 0.107. The van der Waals surface area contributed by atoms with Crippen molar-refractivity contribution >= 4 is 5.91 Å². The fourth-order valence-electron chi connectivity index (χ4n) is 1.88. The van der Waals surface area contributed by atoms with Gasteiger partial charge in [-0.15, -0.1) is 0 Å². The van der Waals surface area contributed by atoms with Gasteiger partial charge in [-0.25, -0.2) is 0 Å². The van der Waals surface area contributed by atoms with Gasteiger partial charge >= 0.3 is 0 Å². The molecule has 1 amide bonds. The number of ether oxygens (including phenoxy) is 1. The van der Waals surface area contributed by atoms with E-state index in [-0.39, 0.29) is 18.1 Å². The van der Waals surface area contributed by atoms with E-state index >= 15 is 0 Å². The van der Waals surface area contributed by atoms with Crippen LogP contribution in [0.25, 0.3) is 0 Å². The second-order valence-corrected chi connectivity index (χ2v) is 4.01. The lowest BCUT2D eigenvalue weighted by Gasteiger charge is -2.35. The first-order valence-electron chi connectivity index (χ1n) is 5.40. The predicted molar refractivity (Wildman–Crippen MR) is 59.7 cm³/mol. The van der Waals surface area contributed by atoms with Crippen LogP contribution < -0.4 is 5.32 Å². The number of carbonyl (C=O) groups excluding carboxylic acids is 1. The SMILES string of the molecule is C=CC(=O)NCCN1C[C@@H](C)O[C@@H](C)C1. The topological polar surface area (TPSA) is 41.6 Å². The molecule has 1 aliphatic heterocycles. The number of nitrogens with one attached hydrogen (secondary N) is 1. The maximum Gasteiger partial charge on any atom is 0.243 e. The molecule has 1 heterocycles. The Morgan fingerprint density at radius 1 is 1.53 bits per heavy atom. The molecular weight excluding hydrogens is 192 g/mol. The van der Waals surface area contributed by atoms with E-state index in [2.05, 4.69) is 30.6 Å². The van der Waals surface area contributed by atoms with Crippen LogP contribution in [0.3, 0.4) is 0 Å². The van der Waals surface area contributed by atoms with Crippen LogP contribution in [0.5, 0.6) is 0 Å². The van der Waals surface area contributed by atoms with Gasteiger partial charge in [0.2, 0.25) is 5.91 Å². The molecule has 0 aromatic carbocycles. The summed E-state index contributed by atoms with van der Waals surface area (Å²) in [5.74, 6) is -0.107. The summed E-state index contributed by atoms with van der Waals surface area (Å²) in [6, 6.07) is 0. The van der Waals surface area contributed by atoms with Crippen LogP contribution in [0.1, 0.15) is 13.8 Å². The second-order valence-electron chi connectivity index (χ2n) is 4.01. The van der Waals surface area contributed by atoms with Crippen molar-refractivity contribution < 1.29 is 9.53 Å². The summed E-state index contributed by atoms with van der Waals surface area (Å²) in [4.78, 5) is 13.2. The summed E-state index contributed by atoms with van der Waals surface area (Å²) in [5, 5.41) is 2.77. The Morgan fingerprint density at radius 2 is 2.13 bits per heavy atom. The lowest BCUT2D eigenvalue weighted by Crippen LogP contribution is -2.47. The van der Waals surface area contributed by atoms with Gasteiger partial charge in [-0.3, -0.25) is 9.69 Å². The van der Waals surface area contributed by atoms with Crippen molar-refractivity contribution in [2.45, 2.75) is 26.1 Å². The molecule has 1 aliphatic rings. The zero-order valence-electron chi connectivity index (χ0n) is 9.53. The van der Waals surface area contributed by atoms with Crippen molar-refractivity contribution in [2.75, 3.05) is 26.2 Å². The van der Waals surface area contributed by atoms with Crippen molar-refractivity contribution in [1.29, 1.82) is 0 Å². The lowest BCUT2D eigenvalue weighted by atomic mass is 10.2. The molecule has 4 heteroatoms. The molecule has 2 atom stereocenters. The molecule has 4 nitrogen and oxygen atoms in total. The van der Waals surface area contributed by atoms with Crippen molar-refractivity contribution in [3.05, 3.63) is 12.7 Å². The van der Waals surface area contributed by atoms with Gasteiger partial charge in [0.1, 0.15) is 0 Å². The Balaban J connectivity index is 2.20. The molecule has 0 bridgehead atoms. The summed E-state index contributed by atoms with van der Waals surface area (Å²) in [6.07, 6.45) is 1.86. The van der Waals surface area contributed by atoms with Crippen molar-refractivity contribution in [3.8, 4) is 0 Å². The zero-order chi connectivity index (χ0) is 11.3. The predicted octanol–water partition coefficient (Wildman–Crippen LogP) is 0.398. The molecule has 0 aromatic rings. The minimum atomic E-state index is -0.107. The van der Waals surface area contributed by atoms with Gasteiger partial charge in [-0.1, -0.05) is 6.58 Å². The molecule has 86 valence electrons. The van der Waals surface area contributed by atoms with Gasteiger partial charge in [0.15, 0.2) is 0 Å². The number of nitrogens with zero attached hydrogens (tertiary/aromatic N) is 1. The first-order chi connectivity index (χ1) is 7.11. The average molecular weight is 212 g/mol. The van der Waals surface area contributed by atoms with E-state index in [1.807, 2.05) is 0 Å². The van der Waals surface area contributed by atoms with E-state index in [0.717, 1.165) is 19.6 Å². The lowest BCUT2D eigenvalue weighted by molar-refractivity contribution is -0.116. The molecule has 0 saturated carbocycles. The molecule has 0 aromatic heterocycles. The van der Waals surface area contributed by atoms with E-state index in [9.17, 15) is 4.79 Å². The van der Waals surface area contributed by atoms with E-state index in [0.29, 0.717) is 6.54 Å². The first kappa shape index (κ1) is 12.2. The van der Waals surface area contributed by atoms with Gasteiger partial charge in [0.05, 0.1) is 12.2 Å². The first-order valence-corrected chi connectivity index (χ1v) is 5.40. The molecular formula is C11H20N2O2. The quantitative estimate of drug-likeness (QED) is 0.686. The van der Waals surface area contributed by atoms with Crippen LogP contribution in [0.2, 0.25) is 0 Å². The molecule has 0 radical (unpaired) electrons. The zero-order valence-corrected chi connectivity index (χ0v) is 9.53. The van der Waals surface area contributed by atoms with E-state index in [1.165, 1.54) is 6.08 Å². The summed E-state index contributed by atoms with van der Waals surface area (Å²) in [5.41, 5.74) is 0. The Kier molecular flexibility index (Phi) is 4.78. The third kappa shape index (κ3) is 4.44. The summed E-state index contributed by atoms with van der Waals surface area (Å²) >= 11 is 0. The van der Waals surface area contributed by atoms with Crippen LogP contribution in [-0.2, 0) is 9.53 Å². The number of hydrogen-bond acceptors (Lipinski definition) is 3. The number of hydrogen-bond donors (Lipinski definition) is 1. The molecule has 0 aliphatic carbocycles.